The van der Waals surface area contributed by atoms with Gasteiger partial charge >= 0.3 is 5.97 Å². The number of amides is 2. The van der Waals surface area contributed by atoms with Crippen LogP contribution in [-0.2, 0) is 19.1 Å². The highest BCUT2D eigenvalue weighted by Gasteiger charge is 2.17. The van der Waals surface area contributed by atoms with Crippen LogP contribution in [0.5, 0.6) is 5.75 Å². The van der Waals surface area contributed by atoms with Crippen molar-refractivity contribution in [2.24, 2.45) is 0 Å². The Balaban J connectivity index is 1.87. The minimum atomic E-state index is -0.623. The zero-order chi connectivity index (χ0) is 22.1. The summed E-state index contributed by atoms with van der Waals surface area (Å²) >= 11 is 0. The van der Waals surface area contributed by atoms with Crippen LogP contribution in [-0.4, -0.2) is 68.0 Å². The quantitative estimate of drug-likeness (QED) is 0.468. The Hall–Kier alpha value is -3.35. The molecule has 0 atom stereocenters. The van der Waals surface area contributed by atoms with Gasteiger partial charge in [-0.15, -0.1) is 0 Å². The highest BCUT2D eigenvalue weighted by molar-refractivity contribution is 5.92. The largest absolute Gasteiger partial charge is 0.497 e. The highest BCUT2D eigenvalue weighted by Crippen LogP contribution is 2.22. The lowest BCUT2D eigenvalue weighted by molar-refractivity contribution is -0.149. The maximum Gasteiger partial charge on any atom is 0.331 e. The van der Waals surface area contributed by atoms with E-state index in [2.05, 4.69) is 0 Å². The van der Waals surface area contributed by atoms with Gasteiger partial charge in [0.25, 0.3) is 5.91 Å². The normalized spacial score (nSPS) is 10.8. The minimum Gasteiger partial charge on any atom is -0.497 e. The van der Waals surface area contributed by atoms with Gasteiger partial charge in [-0.3, -0.25) is 9.59 Å². The van der Waals surface area contributed by atoms with E-state index in [-0.39, 0.29) is 12.5 Å². The Morgan fingerprint density at radius 3 is 2.30 bits per heavy atom. The molecule has 30 heavy (non-hydrogen) atoms. The molecular formula is C23H28N2O5. The van der Waals surface area contributed by atoms with Gasteiger partial charge in [0.2, 0.25) is 5.91 Å². The number of hydrogen-bond donors (Lipinski definition) is 0. The van der Waals surface area contributed by atoms with Gasteiger partial charge in [-0.05, 0) is 54.5 Å². The molecule has 2 aromatic rings. The first-order valence-electron chi connectivity index (χ1n) is 9.82. The summed E-state index contributed by atoms with van der Waals surface area (Å²) in [4.78, 5) is 39.0. The van der Waals surface area contributed by atoms with E-state index in [4.69, 9.17) is 9.47 Å². The molecule has 0 saturated carbocycles. The Kier molecular flexibility index (Phi) is 8.41. The summed E-state index contributed by atoms with van der Waals surface area (Å²) in [5.41, 5.74) is 0.831. The molecule has 0 N–H and O–H groups in total. The minimum absolute atomic E-state index is 0.0459. The molecule has 0 aliphatic heterocycles. The lowest BCUT2D eigenvalue weighted by Crippen LogP contribution is -2.42. The van der Waals surface area contributed by atoms with Crippen molar-refractivity contribution >= 4 is 34.6 Å². The average Bonchev–Trinajstić information content (AvgIpc) is 2.76. The summed E-state index contributed by atoms with van der Waals surface area (Å²) in [6.45, 7) is 4.46. The van der Waals surface area contributed by atoms with Crippen LogP contribution < -0.4 is 4.74 Å². The van der Waals surface area contributed by atoms with Crippen molar-refractivity contribution in [1.29, 1.82) is 0 Å². The monoisotopic (exact) mass is 412 g/mol. The van der Waals surface area contributed by atoms with Crippen LogP contribution in [0.4, 0.5) is 0 Å². The second-order valence-corrected chi connectivity index (χ2v) is 6.73. The predicted octanol–water partition coefficient (Wildman–Crippen LogP) is 2.73. The molecule has 2 rings (SSSR count). The van der Waals surface area contributed by atoms with Gasteiger partial charge in [-0.25, -0.2) is 4.79 Å². The van der Waals surface area contributed by atoms with Gasteiger partial charge in [0.15, 0.2) is 6.61 Å². The lowest BCUT2D eigenvalue weighted by Gasteiger charge is -2.23. The summed E-state index contributed by atoms with van der Waals surface area (Å²) in [6, 6.07) is 11.5. The molecule has 0 saturated heterocycles. The van der Waals surface area contributed by atoms with E-state index >= 15 is 0 Å². The Labute approximate surface area is 176 Å². The van der Waals surface area contributed by atoms with E-state index in [9.17, 15) is 14.4 Å². The zero-order valence-corrected chi connectivity index (χ0v) is 17.9. The fraction of sp³-hybridized carbons (Fsp3) is 0.348. The maximum absolute atomic E-state index is 12.1. The van der Waals surface area contributed by atoms with Crippen LogP contribution in [0.3, 0.4) is 0 Å². The van der Waals surface area contributed by atoms with Gasteiger partial charge in [0, 0.05) is 26.2 Å². The molecule has 2 amide bonds. The van der Waals surface area contributed by atoms with Crippen molar-refractivity contribution in [2.45, 2.75) is 13.8 Å². The van der Waals surface area contributed by atoms with Crippen molar-refractivity contribution < 1.29 is 23.9 Å². The predicted molar refractivity (Wildman–Crippen MR) is 116 cm³/mol. The third kappa shape index (κ3) is 6.34. The number of methoxy groups -OCH3 is 1. The molecule has 0 aliphatic carbocycles. The third-order valence-electron chi connectivity index (χ3n) is 4.74. The molecule has 160 valence electrons. The molecule has 0 spiro atoms. The van der Waals surface area contributed by atoms with Gasteiger partial charge in [-0.1, -0.05) is 18.2 Å². The molecule has 0 aromatic heterocycles. The van der Waals surface area contributed by atoms with Crippen molar-refractivity contribution in [3.8, 4) is 5.75 Å². The standard InChI is InChI=1S/C23H28N2O5/c1-5-25(6-2)21(26)15-24(3)22(27)16-30-23(28)12-8-17-7-9-19-14-20(29-4)11-10-18(19)13-17/h7-14H,5-6,15-16H2,1-4H3/b12-8+. The smallest absolute Gasteiger partial charge is 0.331 e. The van der Waals surface area contributed by atoms with Crippen LogP contribution in [0, 0.1) is 0 Å². The average molecular weight is 412 g/mol. The Bertz CT molecular complexity index is 934. The molecule has 0 radical (unpaired) electrons. The summed E-state index contributed by atoms with van der Waals surface area (Å²) in [7, 11) is 3.13. The van der Waals surface area contributed by atoms with Gasteiger partial charge in [0.1, 0.15) is 5.75 Å². The first kappa shape index (κ1) is 22.9. The summed E-state index contributed by atoms with van der Waals surface area (Å²) < 4.78 is 10.2. The van der Waals surface area contributed by atoms with E-state index in [0.717, 1.165) is 22.1 Å². The van der Waals surface area contributed by atoms with E-state index in [0.29, 0.717) is 13.1 Å². The number of esters is 1. The summed E-state index contributed by atoms with van der Waals surface area (Å²) in [5.74, 6) is -0.419. The highest BCUT2D eigenvalue weighted by atomic mass is 16.5. The number of carbonyl (C=O) groups is 3. The number of ether oxygens (including phenoxy) is 2. The molecule has 0 aliphatic rings. The summed E-state index contributed by atoms with van der Waals surface area (Å²) in [5, 5.41) is 2.04. The number of benzene rings is 2. The van der Waals surface area contributed by atoms with E-state index in [1.807, 2.05) is 50.2 Å². The van der Waals surface area contributed by atoms with Crippen LogP contribution >= 0.6 is 0 Å². The number of hydrogen-bond acceptors (Lipinski definition) is 5. The number of likely N-dealkylation sites (N-methyl/N-ethyl adjacent to an activating group) is 2. The SMILES string of the molecule is CCN(CC)C(=O)CN(C)C(=O)COC(=O)/C=C/c1ccc2cc(OC)ccc2c1. The Morgan fingerprint density at radius 2 is 1.63 bits per heavy atom. The zero-order valence-electron chi connectivity index (χ0n) is 17.9. The molecular weight excluding hydrogens is 384 g/mol. The van der Waals surface area contributed by atoms with E-state index < -0.39 is 18.5 Å². The second-order valence-electron chi connectivity index (χ2n) is 6.73. The summed E-state index contributed by atoms with van der Waals surface area (Å²) in [6.07, 6.45) is 2.91. The van der Waals surface area contributed by atoms with Gasteiger partial charge < -0.3 is 19.3 Å². The number of fused-ring (bicyclic) bond motifs is 1. The van der Waals surface area contributed by atoms with Crippen LogP contribution in [0.1, 0.15) is 19.4 Å². The maximum atomic E-state index is 12.1. The molecule has 7 nitrogen and oxygen atoms in total. The van der Waals surface area contributed by atoms with Gasteiger partial charge in [-0.2, -0.15) is 0 Å². The van der Waals surface area contributed by atoms with Crippen LogP contribution in [0.25, 0.3) is 16.8 Å². The Morgan fingerprint density at radius 1 is 0.967 bits per heavy atom. The van der Waals surface area contributed by atoms with Gasteiger partial charge in [0.05, 0.1) is 13.7 Å². The molecule has 7 heteroatoms. The van der Waals surface area contributed by atoms with E-state index in [1.54, 1.807) is 18.1 Å². The molecule has 0 unspecified atom stereocenters. The fourth-order valence-electron chi connectivity index (χ4n) is 2.90. The lowest BCUT2D eigenvalue weighted by atomic mass is 10.1. The van der Waals surface area contributed by atoms with Crippen molar-refractivity contribution in [3.63, 3.8) is 0 Å². The van der Waals surface area contributed by atoms with E-state index in [1.165, 1.54) is 18.0 Å². The molecule has 0 fully saturated rings. The molecule has 0 bridgehead atoms. The molecule has 2 aromatic carbocycles. The van der Waals surface area contributed by atoms with Crippen molar-refractivity contribution in [3.05, 3.63) is 48.0 Å². The van der Waals surface area contributed by atoms with Crippen LogP contribution in [0.2, 0.25) is 0 Å². The fourth-order valence-corrected chi connectivity index (χ4v) is 2.90. The van der Waals surface area contributed by atoms with Crippen molar-refractivity contribution in [1.82, 2.24) is 9.80 Å². The number of rotatable bonds is 9. The topological polar surface area (TPSA) is 76.2 Å². The number of carbonyl (C=O) groups excluding carboxylic acids is 3. The van der Waals surface area contributed by atoms with Crippen LogP contribution in [0.15, 0.2) is 42.5 Å². The third-order valence-corrected chi connectivity index (χ3v) is 4.74. The second kappa shape index (κ2) is 11.0. The first-order chi connectivity index (χ1) is 14.4. The number of nitrogens with zero attached hydrogens (tertiary/aromatic N) is 2. The van der Waals surface area contributed by atoms with Crippen molar-refractivity contribution in [2.75, 3.05) is 40.4 Å². The molecule has 0 heterocycles. The first-order valence-corrected chi connectivity index (χ1v) is 9.82.